The maximum atomic E-state index is 5.45. The van der Waals surface area contributed by atoms with Gasteiger partial charge in [-0.2, -0.15) is 0 Å². The summed E-state index contributed by atoms with van der Waals surface area (Å²) in [6.45, 7) is 0. The molecular formula is C9H5ClOS2. The van der Waals surface area contributed by atoms with E-state index in [1.165, 1.54) is 10.1 Å². The summed E-state index contributed by atoms with van der Waals surface area (Å²) >= 11 is 11.7. The van der Waals surface area contributed by atoms with Crippen LogP contribution in [0.5, 0.6) is 5.75 Å². The van der Waals surface area contributed by atoms with Crippen LogP contribution in [0.15, 0.2) is 29.6 Å². The Labute approximate surface area is 89.9 Å². The van der Waals surface area contributed by atoms with Crippen molar-refractivity contribution in [3.05, 3.63) is 29.6 Å². The lowest BCUT2D eigenvalue weighted by atomic mass is 10.2. The van der Waals surface area contributed by atoms with E-state index in [-0.39, 0.29) is 4.51 Å². The van der Waals surface area contributed by atoms with E-state index in [0.717, 1.165) is 0 Å². The van der Waals surface area contributed by atoms with Gasteiger partial charge in [-0.25, -0.2) is 0 Å². The number of thiophene rings is 1. The summed E-state index contributed by atoms with van der Waals surface area (Å²) in [5, 5.41) is 3.24. The molecule has 2 rings (SSSR count). The molecule has 1 heterocycles. The van der Waals surface area contributed by atoms with Crippen molar-refractivity contribution in [2.75, 3.05) is 0 Å². The zero-order valence-electron chi connectivity index (χ0n) is 6.49. The number of rotatable bonds is 1. The number of halogens is 1. The van der Waals surface area contributed by atoms with Crippen LogP contribution in [0.3, 0.4) is 0 Å². The Morgan fingerprint density at radius 2 is 2.23 bits per heavy atom. The van der Waals surface area contributed by atoms with Gasteiger partial charge in [0.2, 0.25) is 0 Å². The predicted octanol–water partition coefficient (Wildman–Crippen LogP) is 3.80. The summed E-state index contributed by atoms with van der Waals surface area (Å²) in [7, 11) is 0. The van der Waals surface area contributed by atoms with Crippen LogP contribution in [0.4, 0.5) is 0 Å². The van der Waals surface area contributed by atoms with Crippen LogP contribution < -0.4 is 4.74 Å². The lowest BCUT2D eigenvalue weighted by Crippen LogP contribution is -1.94. The Morgan fingerprint density at radius 3 is 3.00 bits per heavy atom. The molecule has 0 amide bonds. The van der Waals surface area contributed by atoms with Crippen LogP contribution in [-0.2, 0) is 0 Å². The SMILES string of the molecule is S=C(Cl)Oc1ccc2ccsc2c1. The highest BCUT2D eigenvalue weighted by Gasteiger charge is 1.99. The Kier molecular flexibility index (Phi) is 2.49. The lowest BCUT2D eigenvalue weighted by molar-refractivity contribution is 0.579. The molecule has 0 bridgehead atoms. The summed E-state index contributed by atoms with van der Waals surface area (Å²) in [5.74, 6) is 0.690. The summed E-state index contributed by atoms with van der Waals surface area (Å²) in [6.07, 6.45) is 0. The van der Waals surface area contributed by atoms with E-state index >= 15 is 0 Å². The minimum Gasteiger partial charge on any atom is -0.436 e. The zero-order chi connectivity index (χ0) is 9.26. The van der Waals surface area contributed by atoms with Crippen LogP contribution in [-0.4, -0.2) is 4.51 Å². The van der Waals surface area contributed by atoms with Gasteiger partial charge in [-0.3, -0.25) is 0 Å². The Bertz CT molecular complexity index is 450. The minimum absolute atomic E-state index is 0.0240. The maximum absolute atomic E-state index is 5.45. The van der Waals surface area contributed by atoms with Crippen molar-refractivity contribution in [1.82, 2.24) is 0 Å². The molecule has 0 saturated carbocycles. The van der Waals surface area contributed by atoms with Crippen molar-refractivity contribution >= 4 is 49.8 Å². The number of hydrogen-bond acceptors (Lipinski definition) is 3. The molecule has 1 nitrogen and oxygen atoms in total. The summed E-state index contributed by atoms with van der Waals surface area (Å²) in [6, 6.07) is 7.82. The fourth-order valence-electron chi connectivity index (χ4n) is 1.09. The number of ether oxygens (including phenoxy) is 1. The second-order valence-corrected chi connectivity index (χ2v) is 4.35. The molecule has 1 aromatic carbocycles. The van der Waals surface area contributed by atoms with Crippen molar-refractivity contribution in [3.63, 3.8) is 0 Å². The summed E-state index contributed by atoms with van der Waals surface area (Å²) < 4.78 is 6.29. The van der Waals surface area contributed by atoms with Gasteiger partial charge in [0.25, 0.3) is 4.51 Å². The highest BCUT2D eigenvalue weighted by atomic mass is 35.5. The van der Waals surface area contributed by atoms with E-state index < -0.39 is 0 Å². The molecule has 13 heavy (non-hydrogen) atoms. The first kappa shape index (κ1) is 8.94. The molecule has 4 heteroatoms. The van der Waals surface area contributed by atoms with Crippen molar-refractivity contribution in [2.24, 2.45) is 0 Å². The van der Waals surface area contributed by atoms with Crippen LogP contribution in [0, 0.1) is 0 Å². The summed E-state index contributed by atoms with van der Waals surface area (Å²) in [5.41, 5.74) is 0. The second kappa shape index (κ2) is 3.62. The van der Waals surface area contributed by atoms with Gasteiger partial charge >= 0.3 is 0 Å². The third-order valence-corrected chi connectivity index (χ3v) is 2.67. The van der Waals surface area contributed by atoms with Crippen LogP contribution in [0.2, 0.25) is 0 Å². The largest absolute Gasteiger partial charge is 0.436 e. The van der Waals surface area contributed by atoms with Gasteiger partial charge < -0.3 is 4.74 Å². The molecule has 0 fully saturated rings. The van der Waals surface area contributed by atoms with Crippen LogP contribution in [0.25, 0.3) is 10.1 Å². The zero-order valence-corrected chi connectivity index (χ0v) is 8.88. The van der Waals surface area contributed by atoms with Crippen LogP contribution >= 0.6 is 35.2 Å². The van der Waals surface area contributed by atoms with E-state index in [4.69, 9.17) is 16.3 Å². The molecule has 0 saturated heterocycles. The first-order valence-electron chi connectivity index (χ1n) is 3.60. The highest BCUT2D eigenvalue weighted by Crippen LogP contribution is 2.25. The van der Waals surface area contributed by atoms with Gasteiger partial charge in [-0.1, -0.05) is 0 Å². The Hall–Kier alpha value is -0.640. The number of hydrogen-bond donors (Lipinski definition) is 0. The highest BCUT2D eigenvalue weighted by molar-refractivity contribution is 7.82. The van der Waals surface area contributed by atoms with Crippen molar-refractivity contribution in [1.29, 1.82) is 0 Å². The molecule has 0 spiro atoms. The normalized spacial score (nSPS) is 10.2. The number of fused-ring (bicyclic) bond motifs is 1. The molecule has 0 atom stereocenters. The van der Waals surface area contributed by atoms with Gasteiger partial charge in [0.15, 0.2) is 0 Å². The molecule has 1 aromatic heterocycles. The first-order chi connectivity index (χ1) is 6.25. The van der Waals surface area contributed by atoms with E-state index in [1.54, 1.807) is 11.3 Å². The monoisotopic (exact) mass is 228 g/mol. The minimum atomic E-state index is 0.0240. The van der Waals surface area contributed by atoms with E-state index in [9.17, 15) is 0 Å². The van der Waals surface area contributed by atoms with Gasteiger partial charge in [0.1, 0.15) is 5.75 Å². The van der Waals surface area contributed by atoms with Crippen molar-refractivity contribution < 1.29 is 4.74 Å². The van der Waals surface area contributed by atoms with E-state index in [1.807, 2.05) is 23.6 Å². The molecule has 0 radical (unpaired) electrons. The molecule has 0 aliphatic rings. The molecule has 66 valence electrons. The average Bonchev–Trinajstić information content (AvgIpc) is 2.49. The fraction of sp³-hybridized carbons (Fsp3) is 0. The fourth-order valence-corrected chi connectivity index (χ4v) is 2.09. The average molecular weight is 229 g/mol. The predicted molar refractivity (Wildman–Crippen MR) is 60.9 cm³/mol. The van der Waals surface area contributed by atoms with E-state index in [0.29, 0.717) is 5.75 Å². The van der Waals surface area contributed by atoms with Crippen molar-refractivity contribution in [3.8, 4) is 5.75 Å². The van der Waals surface area contributed by atoms with Gasteiger partial charge in [-0.05, 0) is 58.9 Å². The standard InChI is InChI=1S/C9H5ClOS2/c10-9(12)11-7-2-1-6-3-4-13-8(6)5-7/h1-5H. The van der Waals surface area contributed by atoms with Gasteiger partial charge in [-0.15, -0.1) is 11.3 Å². The third kappa shape index (κ3) is 1.99. The van der Waals surface area contributed by atoms with Gasteiger partial charge in [0.05, 0.1) is 0 Å². The third-order valence-electron chi connectivity index (χ3n) is 1.63. The van der Waals surface area contributed by atoms with E-state index in [2.05, 4.69) is 18.3 Å². The second-order valence-electron chi connectivity index (χ2n) is 2.46. The first-order valence-corrected chi connectivity index (χ1v) is 5.27. The van der Waals surface area contributed by atoms with Crippen LogP contribution in [0.1, 0.15) is 0 Å². The molecule has 0 N–H and O–H groups in total. The maximum Gasteiger partial charge on any atom is 0.260 e. The molecule has 0 unspecified atom stereocenters. The number of benzene rings is 1. The quantitative estimate of drug-likeness (QED) is 0.542. The van der Waals surface area contributed by atoms with Crippen molar-refractivity contribution in [2.45, 2.75) is 0 Å². The molecule has 2 aromatic rings. The Balaban J connectivity index is 2.42. The number of thiocarbonyl (C=S) groups is 1. The molecule has 0 aliphatic carbocycles. The Morgan fingerprint density at radius 1 is 1.38 bits per heavy atom. The topological polar surface area (TPSA) is 9.23 Å². The lowest BCUT2D eigenvalue weighted by Gasteiger charge is -2.00. The molecular weight excluding hydrogens is 224 g/mol. The smallest absolute Gasteiger partial charge is 0.260 e. The summed E-state index contributed by atoms with van der Waals surface area (Å²) in [4.78, 5) is 0. The molecule has 0 aliphatic heterocycles. The van der Waals surface area contributed by atoms with Gasteiger partial charge in [0, 0.05) is 4.70 Å².